The maximum atomic E-state index is 14.4. The van der Waals surface area contributed by atoms with E-state index in [1.165, 1.54) is 34.0 Å². The van der Waals surface area contributed by atoms with Crippen LogP contribution >= 0.6 is 11.6 Å². The third-order valence-corrected chi connectivity index (χ3v) is 5.83. The number of aliphatic hydroxyl groups is 2. The number of carbonyl (C=O) groups excluding carboxylic acids is 2. The van der Waals surface area contributed by atoms with Gasteiger partial charge < -0.3 is 25.2 Å². The lowest BCUT2D eigenvalue weighted by Gasteiger charge is -2.27. The molecule has 188 valence electrons. The van der Waals surface area contributed by atoms with Gasteiger partial charge in [-0.15, -0.1) is 0 Å². The van der Waals surface area contributed by atoms with Gasteiger partial charge in [0.05, 0.1) is 30.8 Å². The van der Waals surface area contributed by atoms with E-state index in [2.05, 4.69) is 10.4 Å². The lowest BCUT2D eigenvalue weighted by atomic mass is 10.0. The van der Waals surface area contributed by atoms with Crippen LogP contribution in [-0.2, 0) is 22.6 Å². The van der Waals surface area contributed by atoms with E-state index in [1.807, 2.05) is 0 Å². The first-order chi connectivity index (χ1) is 17.3. The summed E-state index contributed by atoms with van der Waals surface area (Å²) in [5.74, 6) is -0.704. The number of carbonyl (C=O) groups is 2. The second-order valence-electron chi connectivity index (χ2n) is 8.17. The summed E-state index contributed by atoms with van der Waals surface area (Å²) < 4.78 is 21.6. The normalized spacial score (nSPS) is 14.9. The van der Waals surface area contributed by atoms with E-state index in [0.717, 1.165) is 0 Å². The number of anilines is 1. The summed E-state index contributed by atoms with van der Waals surface area (Å²) in [6.07, 6.45) is 1.71. The number of rotatable bonds is 10. The predicted molar refractivity (Wildman–Crippen MR) is 130 cm³/mol. The van der Waals surface area contributed by atoms with E-state index in [-0.39, 0.29) is 30.9 Å². The van der Waals surface area contributed by atoms with Crippen LogP contribution in [0.25, 0.3) is 0 Å². The zero-order valence-corrected chi connectivity index (χ0v) is 19.8. The molecule has 0 bridgehead atoms. The Morgan fingerprint density at radius 1 is 1.19 bits per heavy atom. The first-order valence-corrected chi connectivity index (χ1v) is 11.5. The van der Waals surface area contributed by atoms with E-state index < -0.39 is 36.4 Å². The zero-order chi connectivity index (χ0) is 25.7. The highest BCUT2D eigenvalue weighted by atomic mass is 35.5. The van der Waals surface area contributed by atoms with E-state index in [4.69, 9.17) is 21.4 Å². The molecule has 0 fully saturated rings. The average Bonchev–Trinajstić information content (AvgIpc) is 3.45. The van der Waals surface area contributed by atoms with Crippen molar-refractivity contribution in [2.24, 2.45) is 0 Å². The average molecular weight is 515 g/mol. The van der Waals surface area contributed by atoms with Gasteiger partial charge in [0, 0.05) is 24.8 Å². The lowest BCUT2D eigenvalue weighted by molar-refractivity contribution is -0.133. The number of hydrogen-bond donors (Lipinski definition) is 3. The highest BCUT2D eigenvalue weighted by Crippen LogP contribution is 2.28. The molecule has 2 heterocycles. The summed E-state index contributed by atoms with van der Waals surface area (Å²) in [5.41, 5.74) is 0.266. The molecule has 0 unspecified atom stereocenters. The van der Waals surface area contributed by atoms with E-state index in [0.29, 0.717) is 16.5 Å². The summed E-state index contributed by atoms with van der Waals surface area (Å²) in [5, 5.41) is 25.8. The van der Waals surface area contributed by atoms with Crippen molar-refractivity contribution in [1.29, 1.82) is 0 Å². The molecule has 36 heavy (non-hydrogen) atoms. The van der Waals surface area contributed by atoms with Crippen LogP contribution in [0.5, 0.6) is 5.75 Å². The van der Waals surface area contributed by atoms with Gasteiger partial charge in [-0.25, -0.2) is 4.39 Å². The largest absolute Gasteiger partial charge is 0.458 e. The van der Waals surface area contributed by atoms with Gasteiger partial charge in [-0.2, -0.15) is 5.10 Å². The Bertz CT molecular complexity index is 1280. The van der Waals surface area contributed by atoms with Gasteiger partial charge in [0.2, 0.25) is 5.91 Å². The number of halogens is 2. The predicted octanol–water partition coefficient (Wildman–Crippen LogP) is 2.38. The first-order valence-electron chi connectivity index (χ1n) is 11.1. The Morgan fingerprint density at radius 2 is 1.94 bits per heavy atom. The number of benzene rings is 2. The van der Waals surface area contributed by atoms with Gasteiger partial charge in [-0.05, 0) is 23.8 Å². The minimum absolute atomic E-state index is 0.0201. The molecule has 0 radical (unpaired) electrons. The van der Waals surface area contributed by atoms with Crippen LogP contribution < -0.4 is 10.1 Å². The SMILES string of the molecule is O=C(Nc1ccn(C[C@@H](O)CO)n1)[C@H](Cc1ccccc1F)N1CC(Oc2ccccc2Cl)=CC1=O. The fourth-order valence-corrected chi connectivity index (χ4v) is 3.91. The fraction of sp³-hybridized carbons (Fsp3) is 0.240. The molecule has 0 aliphatic carbocycles. The van der Waals surface area contributed by atoms with Crippen molar-refractivity contribution in [3.8, 4) is 5.75 Å². The molecule has 1 aliphatic rings. The summed E-state index contributed by atoms with van der Waals surface area (Å²) >= 11 is 6.15. The van der Waals surface area contributed by atoms with Gasteiger partial charge in [-0.1, -0.05) is 41.9 Å². The second kappa shape index (κ2) is 11.3. The molecule has 0 saturated heterocycles. The monoisotopic (exact) mass is 514 g/mol. The molecule has 2 amide bonds. The molecular weight excluding hydrogens is 491 g/mol. The molecule has 3 N–H and O–H groups in total. The summed E-state index contributed by atoms with van der Waals surface area (Å²) in [4.78, 5) is 27.5. The molecule has 3 aromatic rings. The summed E-state index contributed by atoms with van der Waals surface area (Å²) in [7, 11) is 0. The van der Waals surface area contributed by atoms with Gasteiger partial charge >= 0.3 is 0 Å². The minimum atomic E-state index is -1.08. The number of aliphatic hydroxyl groups excluding tert-OH is 2. The fourth-order valence-electron chi connectivity index (χ4n) is 3.74. The molecule has 11 heteroatoms. The molecular formula is C25H24ClFN4O5. The Labute approximate surface area is 211 Å². The number of aromatic nitrogens is 2. The van der Waals surface area contributed by atoms with Gasteiger partial charge in [0.25, 0.3) is 5.91 Å². The molecule has 1 aliphatic heterocycles. The molecule has 0 saturated carbocycles. The van der Waals surface area contributed by atoms with Gasteiger partial charge in [0.15, 0.2) is 5.82 Å². The van der Waals surface area contributed by atoms with Crippen LogP contribution in [0.4, 0.5) is 10.2 Å². The number of nitrogens with one attached hydrogen (secondary N) is 1. The molecule has 9 nitrogen and oxygen atoms in total. The molecule has 2 atom stereocenters. The topological polar surface area (TPSA) is 117 Å². The zero-order valence-electron chi connectivity index (χ0n) is 19.1. The maximum Gasteiger partial charge on any atom is 0.251 e. The first kappa shape index (κ1) is 25.4. The van der Waals surface area contributed by atoms with Crippen LogP contribution in [-0.4, -0.2) is 62.0 Å². The Balaban J connectivity index is 1.53. The van der Waals surface area contributed by atoms with Crippen molar-refractivity contribution in [2.45, 2.75) is 25.1 Å². The molecule has 2 aromatic carbocycles. The summed E-state index contributed by atoms with van der Waals surface area (Å²) in [6, 6.07) is 13.3. The number of para-hydroxylation sites is 1. The van der Waals surface area contributed by atoms with Crippen LogP contribution in [0.2, 0.25) is 5.02 Å². The van der Waals surface area contributed by atoms with E-state index >= 15 is 0 Å². The Kier molecular flexibility index (Phi) is 7.99. The Hall–Kier alpha value is -3.73. The van der Waals surface area contributed by atoms with Crippen molar-refractivity contribution >= 4 is 29.2 Å². The smallest absolute Gasteiger partial charge is 0.251 e. The Morgan fingerprint density at radius 3 is 2.69 bits per heavy atom. The highest BCUT2D eigenvalue weighted by molar-refractivity contribution is 6.32. The van der Waals surface area contributed by atoms with Crippen LogP contribution in [0, 0.1) is 5.82 Å². The van der Waals surface area contributed by atoms with Crippen molar-refractivity contribution in [2.75, 3.05) is 18.5 Å². The lowest BCUT2D eigenvalue weighted by Crippen LogP contribution is -2.47. The van der Waals surface area contributed by atoms with Gasteiger partial charge in [-0.3, -0.25) is 14.3 Å². The van der Waals surface area contributed by atoms with Crippen molar-refractivity contribution in [1.82, 2.24) is 14.7 Å². The van der Waals surface area contributed by atoms with Crippen molar-refractivity contribution < 1.29 is 28.9 Å². The number of nitrogens with zero attached hydrogens (tertiary/aromatic N) is 3. The van der Waals surface area contributed by atoms with Crippen LogP contribution in [0.3, 0.4) is 0 Å². The molecule has 1 aromatic heterocycles. The van der Waals surface area contributed by atoms with Gasteiger partial charge in [0.1, 0.15) is 23.4 Å². The third kappa shape index (κ3) is 6.09. The van der Waals surface area contributed by atoms with Crippen molar-refractivity contribution in [3.63, 3.8) is 0 Å². The van der Waals surface area contributed by atoms with E-state index in [1.54, 1.807) is 42.5 Å². The van der Waals surface area contributed by atoms with E-state index in [9.17, 15) is 19.1 Å². The number of amides is 2. The third-order valence-electron chi connectivity index (χ3n) is 5.52. The summed E-state index contributed by atoms with van der Waals surface area (Å²) in [6.45, 7) is -0.426. The quantitative estimate of drug-likeness (QED) is 0.382. The van der Waals surface area contributed by atoms with Crippen LogP contribution in [0.15, 0.2) is 72.6 Å². The van der Waals surface area contributed by atoms with Crippen LogP contribution in [0.1, 0.15) is 5.56 Å². The maximum absolute atomic E-state index is 14.4. The standard InChI is InChI=1S/C25H24ClFN4O5/c26-19-6-2-4-8-22(19)36-18-12-24(34)31(14-18)21(11-16-5-1-3-7-20(16)27)25(35)28-23-9-10-30(29-23)13-17(33)15-32/h1-10,12,17,21,32-33H,11,13-15H2,(H,28,29,35)/t17-,21+/m1/s1. The minimum Gasteiger partial charge on any atom is -0.458 e. The molecule has 4 rings (SSSR count). The highest BCUT2D eigenvalue weighted by Gasteiger charge is 2.35. The number of ether oxygens (including phenoxy) is 1. The van der Waals surface area contributed by atoms with Crippen molar-refractivity contribution in [3.05, 3.63) is 89.0 Å². The number of hydrogen-bond acceptors (Lipinski definition) is 6. The molecule has 0 spiro atoms. The second-order valence-corrected chi connectivity index (χ2v) is 8.58.